The molecule has 0 aliphatic rings. The first-order valence-electron chi connectivity index (χ1n) is 4.28. The number of hydrogen-bond donors (Lipinski definition) is 1. The molecule has 0 aromatic heterocycles. The van der Waals surface area contributed by atoms with Gasteiger partial charge in [-0.3, -0.25) is 4.79 Å². The first kappa shape index (κ1) is 11.9. The van der Waals surface area contributed by atoms with Gasteiger partial charge in [0.2, 0.25) is 5.91 Å². The van der Waals surface area contributed by atoms with Crippen LogP contribution in [0.5, 0.6) is 0 Å². The van der Waals surface area contributed by atoms with E-state index in [4.69, 9.17) is 0 Å². The number of halogens is 1. The van der Waals surface area contributed by atoms with E-state index < -0.39 is 0 Å². The number of amides is 1. The minimum Gasteiger partial charge on any atom is -0.353 e. The van der Waals surface area contributed by atoms with Gasteiger partial charge in [0.25, 0.3) is 0 Å². The van der Waals surface area contributed by atoms with Crippen molar-refractivity contribution in [2.45, 2.75) is 33.1 Å². The van der Waals surface area contributed by atoms with Crippen LogP contribution in [0.4, 0.5) is 0 Å². The Hall–Kier alpha value is -0.0600. The van der Waals surface area contributed by atoms with Gasteiger partial charge in [0.15, 0.2) is 0 Å². The zero-order valence-electron chi connectivity index (χ0n) is 7.69. The molecule has 0 aliphatic heterocycles. The lowest BCUT2D eigenvalue weighted by molar-refractivity contribution is -0.116. The van der Waals surface area contributed by atoms with E-state index >= 15 is 0 Å². The second-order valence-corrected chi connectivity index (χ2v) is 4.43. The van der Waals surface area contributed by atoms with E-state index in [2.05, 4.69) is 34.8 Å². The van der Waals surface area contributed by atoms with Crippen LogP contribution in [-0.4, -0.2) is 12.5 Å². The average molecular weight is 281 g/mol. The van der Waals surface area contributed by atoms with E-state index in [1.54, 1.807) is 6.08 Å². The number of unbranched alkanes of at least 4 members (excludes halogenated alkanes) is 2. The van der Waals surface area contributed by atoms with Crippen LogP contribution in [0.3, 0.4) is 0 Å². The van der Waals surface area contributed by atoms with Crippen molar-refractivity contribution in [3.05, 3.63) is 9.66 Å². The first-order chi connectivity index (χ1) is 5.66. The molecule has 3 heteroatoms. The third-order valence-electron chi connectivity index (χ3n) is 1.41. The molecule has 0 radical (unpaired) electrons. The van der Waals surface area contributed by atoms with Crippen LogP contribution in [0.25, 0.3) is 0 Å². The largest absolute Gasteiger partial charge is 0.353 e. The number of nitrogens with one attached hydrogen (secondary N) is 1. The lowest BCUT2D eigenvalue weighted by Crippen LogP contribution is -2.22. The minimum atomic E-state index is 0.0259. The number of allylic oxidation sites excluding steroid dienone is 1. The summed E-state index contributed by atoms with van der Waals surface area (Å²) in [6, 6.07) is 0. The van der Waals surface area contributed by atoms with Crippen molar-refractivity contribution >= 4 is 28.5 Å². The summed E-state index contributed by atoms with van der Waals surface area (Å²) in [5, 5.41) is 2.83. The molecule has 0 aliphatic carbocycles. The van der Waals surface area contributed by atoms with Gasteiger partial charge < -0.3 is 5.32 Å². The predicted octanol–water partition coefficient (Wildman–Crippen LogP) is 2.63. The molecule has 12 heavy (non-hydrogen) atoms. The molecule has 0 unspecified atom stereocenters. The summed E-state index contributed by atoms with van der Waals surface area (Å²) in [5.74, 6) is 0.0259. The minimum absolute atomic E-state index is 0.0259. The summed E-state index contributed by atoms with van der Waals surface area (Å²) in [7, 11) is 0. The van der Waals surface area contributed by atoms with Crippen LogP contribution in [-0.2, 0) is 4.79 Å². The maximum absolute atomic E-state index is 11.0. The molecule has 0 saturated carbocycles. The van der Waals surface area contributed by atoms with Gasteiger partial charge in [-0.2, -0.15) is 0 Å². The molecule has 0 bridgehead atoms. The molecule has 2 nitrogen and oxygen atoms in total. The lowest BCUT2D eigenvalue weighted by Gasteiger charge is -2.00. The van der Waals surface area contributed by atoms with E-state index in [1.807, 2.05) is 6.92 Å². The molecule has 0 heterocycles. The van der Waals surface area contributed by atoms with Crippen molar-refractivity contribution < 1.29 is 4.79 Å². The van der Waals surface area contributed by atoms with E-state index in [9.17, 15) is 4.79 Å². The quantitative estimate of drug-likeness (QED) is 0.468. The molecule has 0 atom stereocenters. The monoisotopic (exact) mass is 281 g/mol. The maximum atomic E-state index is 11.0. The Bertz CT molecular complexity index is 162. The Morgan fingerprint density at radius 1 is 1.50 bits per heavy atom. The van der Waals surface area contributed by atoms with E-state index in [1.165, 1.54) is 12.8 Å². The van der Waals surface area contributed by atoms with Gasteiger partial charge in [0.1, 0.15) is 0 Å². The van der Waals surface area contributed by atoms with Gasteiger partial charge >= 0.3 is 0 Å². The molecule has 0 spiro atoms. The number of hydrogen-bond acceptors (Lipinski definition) is 1. The zero-order chi connectivity index (χ0) is 9.40. The second kappa shape index (κ2) is 7.58. The molecule has 70 valence electrons. The van der Waals surface area contributed by atoms with Gasteiger partial charge in [0.05, 0.1) is 0 Å². The van der Waals surface area contributed by atoms with Crippen molar-refractivity contribution in [3.8, 4) is 0 Å². The standard InChI is InChI=1S/C9H16INO/c1-3-4-5-6-11-9(12)7-8(2)10/h7H,3-6H2,1-2H3,(H,11,12)/b8-7+. The highest BCUT2D eigenvalue weighted by atomic mass is 127. The summed E-state index contributed by atoms with van der Waals surface area (Å²) in [6.07, 6.45) is 5.08. The molecule has 0 rings (SSSR count). The fourth-order valence-corrected chi connectivity index (χ4v) is 1.10. The second-order valence-electron chi connectivity index (χ2n) is 2.73. The smallest absolute Gasteiger partial charge is 0.244 e. The number of rotatable bonds is 5. The SMILES string of the molecule is CCCCCNC(=O)/C=C(\C)I. The summed E-state index contributed by atoms with van der Waals surface area (Å²) in [6.45, 7) is 4.86. The van der Waals surface area contributed by atoms with Crippen LogP contribution < -0.4 is 5.32 Å². The van der Waals surface area contributed by atoms with Crippen LogP contribution in [0.2, 0.25) is 0 Å². The molecular formula is C9H16INO. The fraction of sp³-hybridized carbons (Fsp3) is 0.667. The molecular weight excluding hydrogens is 265 g/mol. The maximum Gasteiger partial charge on any atom is 0.244 e. The van der Waals surface area contributed by atoms with Crippen molar-refractivity contribution in [1.82, 2.24) is 5.32 Å². The summed E-state index contributed by atoms with van der Waals surface area (Å²) >= 11 is 2.13. The Kier molecular flexibility index (Phi) is 7.54. The summed E-state index contributed by atoms with van der Waals surface area (Å²) < 4.78 is 1.01. The van der Waals surface area contributed by atoms with Crippen LogP contribution >= 0.6 is 22.6 Å². The highest BCUT2D eigenvalue weighted by Crippen LogP contribution is 2.01. The average Bonchev–Trinajstić information content (AvgIpc) is 1.97. The fourth-order valence-electron chi connectivity index (χ4n) is 0.818. The van der Waals surface area contributed by atoms with Gasteiger partial charge in [-0.05, 0) is 39.5 Å². The van der Waals surface area contributed by atoms with Crippen molar-refractivity contribution in [2.24, 2.45) is 0 Å². The normalized spacial score (nSPS) is 11.4. The molecule has 1 N–H and O–H groups in total. The Morgan fingerprint density at radius 3 is 2.67 bits per heavy atom. The number of carbonyl (C=O) groups excluding carboxylic acids is 1. The van der Waals surface area contributed by atoms with Crippen LogP contribution in [0.15, 0.2) is 9.66 Å². The zero-order valence-corrected chi connectivity index (χ0v) is 9.85. The molecule has 0 aromatic carbocycles. The Balaban J connectivity index is 3.39. The molecule has 0 aromatic rings. The van der Waals surface area contributed by atoms with E-state index in [0.717, 1.165) is 16.5 Å². The molecule has 0 fully saturated rings. The summed E-state index contributed by atoms with van der Waals surface area (Å²) in [4.78, 5) is 11.0. The van der Waals surface area contributed by atoms with E-state index in [-0.39, 0.29) is 5.91 Å². The van der Waals surface area contributed by atoms with Crippen molar-refractivity contribution in [2.75, 3.05) is 6.54 Å². The lowest BCUT2D eigenvalue weighted by atomic mass is 10.2. The third-order valence-corrected chi connectivity index (χ3v) is 1.72. The van der Waals surface area contributed by atoms with Crippen molar-refractivity contribution in [3.63, 3.8) is 0 Å². The predicted molar refractivity (Wildman–Crippen MR) is 60.3 cm³/mol. The van der Waals surface area contributed by atoms with Gasteiger partial charge in [-0.25, -0.2) is 0 Å². The van der Waals surface area contributed by atoms with E-state index in [0.29, 0.717) is 0 Å². The number of carbonyl (C=O) groups is 1. The summed E-state index contributed by atoms with van der Waals surface area (Å²) in [5.41, 5.74) is 0. The Labute approximate surface area is 87.9 Å². The third kappa shape index (κ3) is 8.04. The Morgan fingerprint density at radius 2 is 2.17 bits per heavy atom. The first-order valence-corrected chi connectivity index (χ1v) is 5.36. The highest BCUT2D eigenvalue weighted by molar-refractivity contribution is 14.1. The van der Waals surface area contributed by atoms with Gasteiger partial charge in [0, 0.05) is 12.6 Å². The van der Waals surface area contributed by atoms with Gasteiger partial charge in [-0.1, -0.05) is 19.8 Å². The van der Waals surface area contributed by atoms with Crippen LogP contribution in [0, 0.1) is 0 Å². The highest BCUT2D eigenvalue weighted by Gasteiger charge is 1.94. The topological polar surface area (TPSA) is 29.1 Å². The van der Waals surface area contributed by atoms with Crippen molar-refractivity contribution in [1.29, 1.82) is 0 Å². The van der Waals surface area contributed by atoms with Crippen LogP contribution in [0.1, 0.15) is 33.1 Å². The molecule has 0 saturated heterocycles. The molecule has 1 amide bonds. The van der Waals surface area contributed by atoms with Gasteiger partial charge in [-0.15, -0.1) is 0 Å².